The van der Waals surface area contributed by atoms with Crippen molar-refractivity contribution in [2.75, 3.05) is 6.54 Å². The molecule has 1 aromatic carbocycles. The van der Waals surface area contributed by atoms with Crippen LogP contribution in [0.15, 0.2) is 29.2 Å². The topological polar surface area (TPSA) is 86.6 Å². The molecule has 0 aliphatic rings. The van der Waals surface area contributed by atoms with Crippen molar-refractivity contribution >= 4 is 35.2 Å². The third-order valence-electron chi connectivity index (χ3n) is 2.67. The molecule has 1 aromatic rings. The number of hydrogen-bond donors (Lipinski definition) is 3. The molecule has 0 aromatic heterocycles. The van der Waals surface area contributed by atoms with Crippen LogP contribution in [0.1, 0.15) is 20.3 Å². The van der Waals surface area contributed by atoms with Gasteiger partial charge in [-0.2, -0.15) is 0 Å². The zero-order valence-corrected chi connectivity index (χ0v) is 13.4. The Morgan fingerprint density at radius 2 is 1.95 bits per heavy atom. The lowest BCUT2D eigenvalue weighted by Gasteiger charge is -2.22. The number of carboxylic acid groups (broad SMARTS) is 1. The van der Waals surface area contributed by atoms with Gasteiger partial charge in [0.15, 0.2) is 0 Å². The van der Waals surface area contributed by atoms with Crippen LogP contribution >= 0.6 is 23.4 Å². The lowest BCUT2D eigenvalue weighted by atomic mass is 10.0. The number of thioether (sulfide) groups is 1. The van der Waals surface area contributed by atoms with Crippen molar-refractivity contribution in [2.24, 2.45) is 0 Å². The highest BCUT2D eigenvalue weighted by Gasteiger charge is 2.26. The molecule has 1 rings (SSSR count). The van der Waals surface area contributed by atoms with Gasteiger partial charge in [-0.05, 0) is 38.1 Å². The second-order valence-corrected chi connectivity index (χ2v) is 6.85. The third-order valence-corrected chi connectivity index (χ3v) is 4.04. The number of carbonyl (C=O) groups excluding carboxylic acids is 1. The van der Waals surface area contributed by atoms with Crippen LogP contribution < -0.4 is 5.32 Å². The molecule has 5 nitrogen and oxygen atoms in total. The molecule has 1 amide bonds. The first-order valence-electron chi connectivity index (χ1n) is 6.34. The summed E-state index contributed by atoms with van der Waals surface area (Å²) in [6, 6.07) is 7.12. The molecule has 3 N–H and O–H groups in total. The summed E-state index contributed by atoms with van der Waals surface area (Å²) in [6.45, 7) is 3.00. The summed E-state index contributed by atoms with van der Waals surface area (Å²) in [5.41, 5.74) is -1.47. The minimum atomic E-state index is -1.47. The molecule has 0 spiro atoms. The molecule has 2 unspecified atom stereocenters. The molecule has 2 atom stereocenters. The Bertz CT molecular complexity index is 504. The van der Waals surface area contributed by atoms with E-state index in [0.29, 0.717) is 5.02 Å². The Labute approximate surface area is 132 Å². The van der Waals surface area contributed by atoms with E-state index in [0.717, 1.165) is 4.90 Å². The Morgan fingerprint density at radius 1 is 1.38 bits per heavy atom. The van der Waals surface area contributed by atoms with E-state index in [1.165, 1.54) is 18.7 Å². The SMILES string of the molecule is CC(Sc1ccc(Cl)cc1)C(=O)NCC(C)(O)CC(=O)O. The zero-order chi connectivity index (χ0) is 16.0. The van der Waals surface area contributed by atoms with Gasteiger partial charge in [-0.15, -0.1) is 11.8 Å². The van der Waals surface area contributed by atoms with Gasteiger partial charge in [0.05, 0.1) is 17.3 Å². The molecule has 116 valence electrons. The first kappa shape index (κ1) is 17.8. The summed E-state index contributed by atoms with van der Waals surface area (Å²) in [5, 5.41) is 21.3. The van der Waals surface area contributed by atoms with Crippen LogP contribution in [0.2, 0.25) is 5.02 Å². The maximum Gasteiger partial charge on any atom is 0.306 e. The molecule has 0 saturated carbocycles. The van der Waals surface area contributed by atoms with Crippen molar-refractivity contribution in [3.05, 3.63) is 29.3 Å². The number of nitrogens with one attached hydrogen (secondary N) is 1. The maximum atomic E-state index is 11.9. The number of benzene rings is 1. The molecule has 0 aliphatic heterocycles. The van der Waals surface area contributed by atoms with Gasteiger partial charge < -0.3 is 15.5 Å². The quantitative estimate of drug-likeness (QED) is 0.666. The van der Waals surface area contributed by atoms with Crippen molar-refractivity contribution in [3.8, 4) is 0 Å². The number of hydrogen-bond acceptors (Lipinski definition) is 4. The molecular formula is C14H18ClNO4S. The predicted octanol–water partition coefficient (Wildman–Crippen LogP) is 2.16. The van der Waals surface area contributed by atoms with Gasteiger partial charge in [0, 0.05) is 16.5 Å². The van der Waals surface area contributed by atoms with E-state index in [9.17, 15) is 14.7 Å². The lowest BCUT2D eigenvalue weighted by Crippen LogP contribution is -2.44. The van der Waals surface area contributed by atoms with Crippen molar-refractivity contribution in [1.29, 1.82) is 0 Å². The third kappa shape index (κ3) is 6.84. The van der Waals surface area contributed by atoms with Crippen LogP contribution in [0.4, 0.5) is 0 Å². The summed E-state index contributed by atoms with van der Waals surface area (Å²) in [4.78, 5) is 23.4. The van der Waals surface area contributed by atoms with Crippen LogP contribution in [0.25, 0.3) is 0 Å². The predicted molar refractivity (Wildman–Crippen MR) is 82.7 cm³/mol. The Morgan fingerprint density at radius 3 is 2.48 bits per heavy atom. The molecule has 7 heteroatoms. The molecule has 0 saturated heterocycles. The number of rotatable bonds is 7. The fourth-order valence-electron chi connectivity index (χ4n) is 1.58. The Balaban J connectivity index is 2.47. The van der Waals surface area contributed by atoms with Gasteiger partial charge in [-0.3, -0.25) is 9.59 Å². The highest BCUT2D eigenvalue weighted by Crippen LogP contribution is 2.24. The largest absolute Gasteiger partial charge is 0.481 e. The monoisotopic (exact) mass is 331 g/mol. The summed E-state index contributed by atoms with van der Waals surface area (Å²) >= 11 is 7.14. The van der Waals surface area contributed by atoms with Gasteiger partial charge in [-0.25, -0.2) is 0 Å². The molecule has 0 aliphatic carbocycles. The van der Waals surface area contributed by atoms with E-state index >= 15 is 0 Å². The molecule has 21 heavy (non-hydrogen) atoms. The minimum Gasteiger partial charge on any atom is -0.481 e. The van der Waals surface area contributed by atoms with E-state index in [1.54, 1.807) is 19.1 Å². The number of halogens is 1. The van der Waals surface area contributed by atoms with E-state index in [2.05, 4.69) is 5.32 Å². The Kier molecular flexibility index (Phi) is 6.51. The van der Waals surface area contributed by atoms with Gasteiger partial charge >= 0.3 is 5.97 Å². The minimum absolute atomic E-state index is 0.107. The molecular weight excluding hydrogens is 314 g/mol. The second-order valence-electron chi connectivity index (χ2n) is 5.00. The summed E-state index contributed by atoms with van der Waals surface area (Å²) in [6.07, 6.45) is -0.425. The fourth-order valence-corrected chi connectivity index (χ4v) is 2.60. The fraction of sp³-hybridized carbons (Fsp3) is 0.429. The lowest BCUT2D eigenvalue weighted by molar-refractivity contribution is -0.142. The van der Waals surface area contributed by atoms with Crippen LogP contribution in [-0.2, 0) is 9.59 Å². The van der Waals surface area contributed by atoms with Crippen molar-refractivity contribution in [2.45, 2.75) is 36.0 Å². The van der Waals surface area contributed by atoms with Gasteiger partial charge in [-0.1, -0.05) is 11.6 Å². The summed E-state index contributed by atoms with van der Waals surface area (Å²) in [7, 11) is 0. The number of aliphatic hydroxyl groups is 1. The van der Waals surface area contributed by atoms with E-state index in [-0.39, 0.29) is 17.7 Å². The Hall–Kier alpha value is -1.24. The molecule has 0 bridgehead atoms. The van der Waals surface area contributed by atoms with E-state index in [1.807, 2.05) is 12.1 Å². The van der Waals surface area contributed by atoms with Gasteiger partial charge in [0.25, 0.3) is 0 Å². The average molecular weight is 332 g/mol. The van der Waals surface area contributed by atoms with Crippen LogP contribution in [0.5, 0.6) is 0 Å². The van der Waals surface area contributed by atoms with E-state index in [4.69, 9.17) is 16.7 Å². The normalized spacial score (nSPS) is 15.0. The molecule has 0 fully saturated rings. The maximum absolute atomic E-state index is 11.9. The number of aliphatic carboxylic acids is 1. The van der Waals surface area contributed by atoms with Gasteiger partial charge in [0.2, 0.25) is 5.91 Å². The summed E-state index contributed by atoms with van der Waals surface area (Å²) in [5.74, 6) is -1.38. The first-order valence-corrected chi connectivity index (χ1v) is 7.59. The van der Waals surface area contributed by atoms with Crippen molar-refractivity contribution < 1.29 is 19.8 Å². The highest BCUT2D eigenvalue weighted by atomic mass is 35.5. The van der Waals surface area contributed by atoms with Crippen LogP contribution in [-0.4, -0.2) is 39.5 Å². The highest BCUT2D eigenvalue weighted by molar-refractivity contribution is 8.00. The smallest absolute Gasteiger partial charge is 0.306 e. The second kappa shape index (κ2) is 7.68. The molecule has 0 radical (unpaired) electrons. The molecule has 0 heterocycles. The summed E-state index contributed by atoms with van der Waals surface area (Å²) < 4.78 is 0. The van der Waals surface area contributed by atoms with Crippen LogP contribution in [0.3, 0.4) is 0 Å². The average Bonchev–Trinajstić information content (AvgIpc) is 2.37. The number of carboxylic acids is 1. The van der Waals surface area contributed by atoms with E-state index < -0.39 is 18.0 Å². The van der Waals surface area contributed by atoms with Crippen molar-refractivity contribution in [3.63, 3.8) is 0 Å². The van der Waals surface area contributed by atoms with Gasteiger partial charge in [0.1, 0.15) is 0 Å². The zero-order valence-electron chi connectivity index (χ0n) is 11.8. The van der Waals surface area contributed by atoms with Crippen molar-refractivity contribution in [1.82, 2.24) is 5.32 Å². The number of carbonyl (C=O) groups is 2. The standard InChI is InChI=1S/C14H18ClNO4S/c1-9(21-11-5-3-10(15)4-6-11)13(19)16-8-14(2,20)7-12(17)18/h3-6,9,20H,7-8H2,1-2H3,(H,16,19)(H,17,18). The first-order chi connectivity index (χ1) is 9.69. The number of amides is 1. The van der Waals surface area contributed by atoms with Crippen LogP contribution in [0, 0.1) is 0 Å².